The highest BCUT2D eigenvalue weighted by Gasteiger charge is 2.64. The number of phenolic OH excluding ortho intramolecular Hbond substituents is 2. The monoisotopic (exact) mass is 1370 g/mol. The van der Waals surface area contributed by atoms with Crippen molar-refractivity contribution in [3.8, 4) is 23.0 Å². The Kier molecular flexibility index (Phi) is 26.0. The Bertz CT molecular complexity index is 3150. The van der Waals surface area contributed by atoms with Crippen LogP contribution in [0.3, 0.4) is 0 Å². The minimum absolute atomic E-state index is 0.0405. The van der Waals surface area contributed by atoms with Crippen LogP contribution in [0.5, 0.6) is 23.0 Å². The van der Waals surface area contributed by atoms with Gasteiger partial charge >= 0.3 is 29.8 Å². The normalized spacial score (nSPS) is 35.4. The molecule has 35 heteroatoms. The molecule has 0 unspecified atom stereocenters. The molecule has 35 nitrogen and oxygen atoms in total. The molecule has 530 valence electrons. The number of carbonyl (C=O) groups excluding carboxylic acids is 5. The third-order valence-electron chi connectivity index (χ3n) is 15.8. The molecule has 0 aliphatic carbocycles. The van der Waals surface area contributed by atoms with Crippen LogP contribution >= 0.6 is 0 Å². The highest BCUT2D eigenvalue weighted by molar-refractivity contribution is 5.90. The number of hydrogen-bond donors (Lipinski definition) is 14. The summed E-state index contributed by atoms with van der Waals surface area (Å²) in [5.41, 5.74) is 0.262. The van der Waals surface area contributed by atoms with Crippen molar-refractivity contribution >= 4 is 42.0 Å². The molecule has 0 saturated carbocycles. The molecule has 0 radical (unpaired) electrons. The Morgan fingerprint density at radius 2 is 0.979 bits per heavy atom. The number of hydrogen-bond acceptors (Lipinski definition) is 35. The molecule has 96 heavy (non-hydrogen) atoms. The van der Waals surface area contributed by atoms with E-state index in [1.54, 1.807) is 6.07 Å². The fraction of sp³-hybridized carbons (Fsp3) is 0.557. The maximum Gasteiger partial charge on any atom is 0.338 e. The quantitative estimate of drug-likeness (QED) is 0.0203. The van der Waals surface area contributed by atoms with Crippen LogP contribution in [-0.4, -0.2) is 302 Å². The van der Waals surface area contributed by atoms with E-state index in [4.69, 9.17) is 75.8 Å². The Hall–Kier alpha value is -7.15. The average Bonchev–Trinajstić information content (AvgIpc) is 1.42. The number of methoxy groups -OCH3 is 2. The fourth-order valence-electron chi connectivity index (χ4n) is 10.8. The smallest absolute Gasteiger partial charge is 0.338 e. The molecule has 24 atom stereocenters. The summed E-state index contributed by atoms with van der Waals surface area (Å²) in [5.74, 6) is -9.43. The standard InChI is InChI=1S/C61H76O35/c1-26(65)83-23-38-51(91-57-48(77)45(74)42(71)35(20-62)86-57)47(76)50(79)59(88-38)92-53-52(90-41(70)17-13-29-10-14-31(67)34(19-29)82-4)39(24-84-27(2)66)89-60(54(53)93-58-49(78)46(75)43(72)36(21-63)87-58)96-61(25-85-40(69)16-12-28-11-15-33(81-3)32(68)18-28)55(44(73)37(22-64)95-61)94-56(80)30-8-6-5-7-9-30/h5-19,35-39,42-55,57-60,62-64,67-68,71-79H,20-25H2,1-4H3/b16-12+,17-13+/t35-,36-,37-,38-,39-,42-,43-,44-,45+,46+,47-,48-,49-,50-,51-,52-,53+,54-,55+,57+,58+,59+,60-,61+/m1/s1. The lowest BCUT2D eigenvalue weighted by Gasteiger charge is -2.51. The van der Waals surface area contributed by atoms with Gasteiger partial charge in [0.15, 0.2) is 60.4 Å². The minimum atomic E-state index is -3.03. The van der Waals surface area contributed by atoms with Gasteiger partial charge in [0.1, 0.15) is 124 Å². The van der Waals surface area contributed by atoms with Crippen LogP contribution in [0.1, 0.15) is 35.3 Å². The molecule has 0 spiro atoms. The van der Waals surface area contributed by atoms with Crippen LogP contribution in [-0.2, 0) is 85.5 Å². The van der Waals surface area contributed by atoms with Gasteiger partial charge in [-0.3, -0.25) is 9.59 Å². The first-order chi connectivity index (χ1) is 45.7. The van der Waals surface area contributed by atoms with E-state index in [9.17, 15) is 95.5 Å². The number of ether oxygens (including phenoxy) is 16. The van der Waals surface area contributed by atoms with Gasteiger partial charge in [-0.25, -0.2) is 14.4 Å². The van der Waals surface area contributed by atoms with Gasteiger partial charge in [0.2, 0.25) is 5.79 Å². The summed E-state index contributed by atoms with van der Waals surface area (Å²) >= 11 is 0. The Morgan fingerprint density at radius 3 is 1.53 bits per heavy atom. The van der Waals surface area contributed by atoms with Crippen LogP contribution in [0.15, 0.2) is 78.9 Å². The molecular formula is C61H76O35. The second kappa shape index (κ2) is 33.4. The molecule has 14 N–H and O–H groups in total. The largest absolute Gasteiger partial charge is 0.504 e. The summed E-state index contributed by atoms with van der Waals surface area (Å²) in [6, 6.07) is 14.9. The van der Waals surface area contributed by atoms with Crippen LogP contribution < -0.4 is 9.47 Å². The predicted octanol–water partition coefficient (Wildman–Crippen LogP) is -4.96. The van der Waals surface area contributed by atoms with Crippen molar-refractivity contribution in [2.24, 2.45) is 0 Å². The van der Waals surface area contributed by atoms with E-state index in [1.807, 2.05) is 0 Å². The summed E-state index contributed by atoms with van der Waals surface area (Å²) in [6.07, 6.45) is -45.7. The third-order valence-corrected chi connectivity index (χ3v) is 15.8. The van der Waals surface area contributed by atoms with Gasteiger partial charge in [0.25, 0.3) is 0 Å². The lowest BCUT2D eigenvalue weighted by atomic mass is 9.95. The lowest BCUT2D eigenvalue weighted by Crippen LogP contribution is -2.69. The van der Waals surface area contributed by atoms with Crippen LogP contribution in [0.25, 0.3) is 12.2 Å². The Balaban J connectivity index is 1.29. The first kappa shape index (κ1) is 74.6. The van der Waals surface area contributed by atoms with Crippen molar-refractivity contribution in [1.82, 2.24) is 0 Å². The highest BCUT2D eigenvalue weighted by Crippen LogP contribution is 2.43. The minimum Gasteiger partial charge on any atom is -0.504 e. The van der Waals surface area contributed by atoms with Gasteiger partial charge in [-0.1, -0.05) is 30.3 Å². The molecule has 0 bridgehead atoms. The predicted molar refractivity (Wildman–Crippen MR) is 310 cm³/mol. The number of phenols is 2. The topological polar surface area (TPSA) is 516 Å². The zero-order chi connectivity index (χ0) is 69.9. The molecule has 5 aliphatic rings. The lowest BCUT2D eigenvalue weighted by molar-refractivity contribution is -0.423. The SMILES string of the molecule is COc1ccc(/C=C/C(=O)OC[C@@]2(O[C@H]3O[C@H](COC(C)=O)[C@@H](OC(=O)/C=C/c4ccc(O)c(OC)c4)[C@H](O[C@@H]4O[C@H](COC(C)=O)[C@@H](O[C@@H]5O[C@H](CO)[C@@H](O)[C@H](O)[C@H]5O)[C@H](O)[C@H]4O)[C@H]3O[C@@H]3O[C@H](CO)[C@@H](O)[C@H](O)[C@H]3O)O[C@H](CO)[C@@H](O)[C@@H]2OC(=O)c2ccccc2)cc1O. The summed E-state index contributed by atoms with van der Waals surface area (Å²) in [6.45, 7) is -4.53. The second-order valence-corrected chi connectivity index (χ2v) is 22.4. The Morgan fingerprint density at radius 1 is 0.479 bits per heavy atom. The van der Waals surface area contributed by atoms with E-state index in [2.05, 4.69) is 0 Å². The van der Waals surface area contributed by atoms with Crippen molar-refractivity contribution in [2.45, 2.75) is 161 Å². The second-order valence-electron chi connectivity index (χ2n) is 22.4. The molecule has 5 saturated heterocycles. The van der Waals surface area contributed by atoms with E-state index in [0.29, 0.717) is 0 Å². The fourth-order valence-corrected chi connectivity index (χ4v) is 10.8. The van der Waals surface area contributed by atoms with E-state index in [-0.39, 0.29) is 39.7 Å². The molecule has 5 fully saturated rings. The van der Waals surface area contributed by atoms with Crippen LogP contribution in [0.4, 0.5) is 0 Å². The van der Waals surface area contributed by atoms with Gasteiger partial charge in [-0.05, 0) is 59.7 Å². The summed E-state index contributed by atoms with van der Waals surface area (Å²) in [5, 5.41) is 154. The van der Waals surface area contributed by atoms with Crippen molar-refractivity contribution in [3.05, 3.63) is 95.6 Å². The van der Waals surface area contributed by atoms with Crippen molar-refractivity contribution < 1.29 is 171 Å². The Labute approximate surface area is 545 Å². The third kappa shape index (κ3) is 17.6. The maximum absolute atomic E-state index is 14.4. The zero-order valence-corrected chi connectivity index (χ0v) is 51.5. The van der Waals surface area contributed by atoms with E-state index in [0.717, 1.165) is 32.1 Å². The van der Waals surface area contributed by atoms with Crippen LogP contribution in [0.2, 0.25) is 0 Å². The summed E-state index contributed by atoms with van der Waals surface area (Å²) < 4.78 is 94.1. The van der Waals surface area contributed by atoms with Crippen molar-refractivity contribution in [3.63, 3.8) is 0 Å². The van der Waals surface area contributed by atoms with E-state index >= 15 is 0 Å². The zero-order valence-electron chi connectivity index (χ0n) is 51.5. The number of aliphatic hydroxyl groups is 12. The first-order valence-corrected chi connectivity index (χ1v) is 29.6. The van der Waals surface area contributed by atoms with Gasteiger partial charge in [0, 0.05) is 26.0 Å². The van der Waals surface area contributed by atoms with Gasteiger partial charge in [-0.2, -0.15) is 0 Å². The summed E-state index contributed by atoms with van der Waals surface area (Å²) in [7, 11) is 2.54. The molecule has 3 aromatic carbocycles. The number of aliphatic hydroxyl groups excluding tert-OH is 12. The van der Waals surface area contributed by atoms with Gasteiger partial charge in [0.05, 0.1) is 39.6 Å². The molecule has 8 rings (SSSR count). The molecular weight excluding hydrogens is 1290 g/mol. The van der Waals surface area contributed by atoms with E-state index < -0.39 is 216 Å². The molecule has 0 aromatic heterocycles. The van der Waals surface area contributed by atoms with Crippen molar-refractivity contribution in [2.75, 3.05) is 53.9 Å². The van der Waals surface area contributed by atoms with Gasteiger partial charge < -0.3 is 147 Å². The summed E-state index contributed by atoms with van der Waals surface area (Å²) in [4.78, 5) is 67.7. The average molecular weight is 1370 g/mol. The number of benzene rings is 3. The molecule has 0 amide bonds. The number of esters is 5. The maximum atomic E-state index is 14.4. The van der Waals surface area contributed by atoms with Crippen LogP contribution in [0, 0.1) is 0 Å². The number of rotatable bonds is 26. The van der Waals surface area contributed by atoms with Gasteiger partial charge in [-0.15, -0.1) is 0 Å². The molecule has 3 aromatic rings. The number of carbonyl (C=O) groups is 5. The molecule has 5 heterocycles. The first-order valence-electron chi connectivity index (χ1n) is 29.6. The molecule has 5 aliphatic heterocycles. The highest BCUT2D eigenvalue weighted by atomic mass is 16.8. The number of aromatic hydroxyl groups is 2. The van der Waals surface area contributed by atoms with E-state index in [1.165, 1.54) is 81.0 Å². The van der Waals surface area contributed by atoms with Crippen molar-refractivity contribution in [1.29, 1.82) is 0 Å².